The van der Waals surface area contributed by atoms with E-state index in [2.05, 4.69) is 19.9 Å². The number of nitrogens with zero attached hydrogens (tertiary/aromatic N) is 5. The van der Waals surface area contributed by atoms with Gasteiger partial charge in [-0.2, -0.15) is 13.2 Å². The lowest BCUT2D eigenvalue weighted by Crippen LogP contribution is -2.22. The number of halogens is 5. The second-order valence-corrected chi connectivity index (χ2v) is 7.07. The van der Waals surface area contributed by atoms with Gasteiger partial charge in [0.1, 0.15) is 17.5 Å². The van der Waals surface area contributed by atoms with Crippen LogP contribution in [0.3, 0.4) is 0 Å². The molecule has 1 aromatic carbocycles. The second-order valence-electron chi connectivity index (χ2n) is 6.66. The molecule has 0 aliphatic rings. The summed E-state index contributed by atoms with van der Waals surface area (Å²) in [5.41, 5.74) is -0.0678. The van der Waals surface area contributed by atoms with Gasteiger partial charge in [0.05, 0.1) is 17.1 Å². The number of aryl methyl sites for hydroxylation is 1. The molecule has 0 radical (unpaired) electrons. The Kier molecular flexibility index (Phi) is 5.40. The van der Waals surface area contributed by atoms with E-state index in [0.717, 1.165) is 12.1 Å². The number of benzene rings is 1. The number of anilines is 2. The summed E-state index contributed by atoms with van der Waals surface area (Å²) in [6.45, 7) is 1.52. The summed E-state index contributed by atoms with van der Waals surface area (Å²) in [6, 6.07) is 6.12. The van der Waals surface area contributed by atoms with E-state index in [4.69, 9.17) is 11.6 Å². The normalized spacial score (nSPS) is 11.7. The first-order valence-electron chi connectivity index (χ1n) is 9.03. The van der Waals surface area contributed by atoms with Crippen molar-refractivity contribution in [3.05, 3.63) is 83.0 Å². The van der Waals surface area contributed by atoms with Gasteiger partial charge in [-0.05, 0) is 37.3 Å². The highest BCUT2D eigenvalue weighted by Gasteiger charge is 2.32. The van der Waals surface area contributed by atoms with E-state index in [9.17, 15) is 17.6 Å². The van der Waals surface area contributed by atoms with E-state index in [0.29, 0.717) is 11.5 Å². The molecular formula is C20H15ClF4N6. The highest BCUT2D eigenvalue weighted by molar-refractivity contribution is 6.30. The number of aromatic amines is 1. The monoisotopic (exact) mass is 450 g/mol. The van der Waals surface area contributed by atoms with Crippen molar-refractivity contribution in [1.82, 2.24) is 24.5 Å². The third-order valence-corrected chi connectivity index (χ3v) is 4.77. The molecule has 0 bridgehead atoms. The largest absolute Gasteiger partial charge is 0.416 e. The van der Waals surface area contributed by atoms with Gasteiger partial charge in [-0.15, -0.1) is 0 Å². The molecule has 4 rings (SSSR count). The smallest absolute Gasteiger partial charge is 0.331 e. The van der Waals surface area contributed by atoms with E-state index in [1.807, 2.05) is 0 Å². The van der Waals surface area contributed by atoms with Gasteiger partial charge >= 0.3 is 6.18 Å². The summed E-state index contributed by atoms with van der Waals surface area (Å²) >= 11 is 5.89. The number of imidazole rings is 2. The Hall–Kier alpha value is -3.40. The third-order valence-electron chi connectivity index (χ3n) is 4.48. The number of pyridine rings is 1. The van der Waals surface area contributed by atoms with Gasteiger partial charge in [-0.3, -0.25) is 4.90 Å². The third kappa shape index (κ3) is 4.38. The minimum absolute atomic E-state index is 0.0310. The first-order chi connectivity index (χ1) is 14.7. The highest BCUT2D eigenvalue weighted by atomic mass is 35.5. The van der Waals surface area contributed by atoms with E-state index in [1.165, 1.54) is 42.4 Å². The summed E-state index contributed by atoms with van der Waals surface area (Å²) in [6.07, 6.45) is 1.67. The van der Waals surface area contributed by atoms with Gasteiger partial charge in [-0.1, -0.05) is 11.6 Å². The van der Waals surface area contributed by atoms with Crippen molar-refractivity contribution in [3.8, 4) is 5.69 Å². The number of alkyl halides is 3. The van der Waals surface area contributed by atoms with Crippen LogP contribution in [-0.4, -0.2) is 24.5 Å². The van der Waals surface area contributed by atoms with E-state index < -0.39 is 17.6 Å². The molecular weight excluding hydrogens is 436 g/mol. The average molecular weight is 451 g/mol. The van der Waals surface area contributed by atoms with E-state index in [-0.39, 0.29) is 29.0 Å². The SMILES string of the molecule is Cc1cc(C(F)(F)F)cc(N(Cc2nccn2-c2ccc(F)c(Cl)c2)c2ncc[nH]2)n1. The molecule has 0 saturated heterocycles. The summed E-state index contributed by atoms with van der Waals surface area (Å²) in [4.78, 5) is 17.1. The summed E-state index contributed by atoms with van der Waals surface area (Å²) in [7, 11) is 0. The summed E-state index contributed by atoms with van der Waals surface area (Å²) in [5.74, 6) is 0.232. The molecule has 160 valence electrons. The lowest BCUT2D eigenvalue weighted by Gasteiger charge is -2.23. The molecule has 0 fully saturated rings. The summed E-state index contributed by atoms with van der Waals surface area (Å²) < 4.78 is 55.3. The van der Waals surface area contributed by atoms with Crippen LogP contribution in [0, 0.1) is 12.7 Å². The van der Waals surface area contributed by atoms with Crippen molar-refractivity contribution < 1.29 is 17.6 Å². The maximum Gasteiger partial charge on any atom is 0.416 e. The lowest BCUT2D eigenvalue weighted by atomic mass is 10.2. The van der Waals surface area contributed by atoms with Gasteiger partial charge in [0.15, 0.2) is 0 Å². The fourth-order valence-electron chi connectivity index (χ4n) is 3.08. The molecule has 6 nitrogen and oxygen atoms in total. The first kappa shape index (κ1) is 20.9. The van der Waals surface area contributed by atoms with Crippen LogP contribution in [0.1, 0.15) is 17.1 Å². The standard InChI is InChI=1S/C20H15ClF4N6/c1-12-8-13(20(23,24)25)9-17(29-12)31(19-27-4-5-28-19)11-18-26-6-7-30(18)14-2-3-16(22)15(21)10-14/h2-10H,11H2,1H3,(H,27,28). The van der Waals surface area contributed by atoms with Crippen LogP contribution < -0.4 is 4.90 Å². The number of nitrogens with one attached hydrogen (secondary N) is 1. The van der Waals surface area contributed by atoms with Crippen LogP contribution in [-0.2, 0) is 12.7 Å². The minimum Gasteiger partial charge on any atom is -0.331 e. The average Bonchev–Trinajstić information content (AvgIpc) is 3.39. The zero-order chi connectivity index (χ0) is 22.2. The fourth-order valence-corrected chi connectivity index (χ4v) is 3.26. The predicted octanol–water partition coefficient (Wildman–Crippen LogP) is 5.45. The van der Waals surface area contributed by atoms with Gasteiger partial charge in [0.25, 0.3) is 0 Å². The van der Waals surface area contributed by atoms with Gasteiger partial charge < -0.3 is 9.55 Å². The van der Waals surface area contributed by atoms with Crippen molar-refractivity contribution in [3.63, 3.8) is 0 Å². The minimum atomic E-state index is -4.53. The molecule has 4 aromatic rings. The molecule has 1 N–H and O–H groups in total. The number of hydrogen-bond acceptors (Lipinski definition) is 4. The quantitative estimate of drug-likeness (QED) is 0.411. The molecule has 0 saturated carbocycles. The van der Waals surface area contributed by atoms with Crippen molar-refractivity contribution in [2.75, 3.05) is 4.90 Å². The molecule has 0 spiro atoms. The number of hydrogen-bond donors (Lipinski definition) is 1. The first-order valence-corrected chi connectivity index (χ1v) is 9.40. The van der Waals surface area contributed by atoms with Crippen LogP contribution in [0.4, 0.5) is 29.3 Å². The van der Waals surface area contributed by atoms with Crippen LogP contribution in [0.2, 0.25) is 5.02 Å². The number of rotatable bonds is 5. The fraction of sp³-hybridized carbons (Fsp3) is 0.150. The molecule has 0 amide bonds. The molecule has 11 heteroatoms. The molecule has 3 heterocycles. The number of aromatic nitrogens is 5. The Bertz CT molecular complexity index is 1200. The van der Waals surface area contributed by atoms with Crippen LogP contribution in [0.25, 0.3) is 5.69 Å². The topological polar surface area (TPSA) is 62.6 Å². The zero-order valence-corrected chi connectivity index (χ0v) is 16.8. The van der Waals surface area contributed by atoms with Crippen molar-refractivity contribution in [2.45, 2.75) is 19.6 Å². The Morgan fingerprint density at radius 1 is 1.13 bits per heavy atom. The summed E-state index contributed by atoms with van der Waals surface area (Å²) in [5, 5.41) is -0.0600. The van der Waals surface area contributed by atoms with Gasteiger partial charge in [0.2, 0.25) is 5.95 Å². The Balaban J connectivity index is 1.77. The number of H-pyrrole nitrogens is 1. The Morgan fingerprint density at radius 3 is 2.61 bits per heavy atom. The predicted molar refractivity (Wildman–Crippen MR) is 107 cm³/mol. The Morgan fingerprint density at radius 2 is 1.94 bits per heavy atom. The lowest BCUT2D eigenvalue weighted by molar-refractivity contribution is -0.137. The van der Waals surface area contributed by atoms with Gasteiger partial charge in [-0.25, -0.2) is 19.3 Å². The van der Waals surface area contributed by atoms with Crippen molar-refractivity contribution in [2.24, 2.45) is 0 Å². The molecule has 0 unspecified atom stereocenters. The highest BCUT2D eigenvalue weighted by Crippen LogP contribution is 2.33. The van der Waals surface area contributed by atoms with Crippen molar-refractivity contribution >= 4 is 23.4 Å². The van der Waals surface area contributed by atoms with Crippen LogP contribution in [0.15, 0.2) is 55.1 Å². The molecule has 0 aliphatic heterocycles. The van der Waals surface area contributed by atoms with Crippen molar-refractivity contribution in [1.29, 1.82) is 0 Å². The Labute approximate surface area is 179 Å². The van der Waals surface area contributed by atoms with Crippen LogP contribution in [0.5, 0.6) is 0 Å². The maximum absolute atomic E-state index is 13.6. The van der Waals surface area contributed by atoms with E-state index >= 15 is 0 Å². The van der Waals surface area contributed by atoms with Gasteiger partial charge in [0, 0.05) is 36.2 Å². The molecule has 3 aromatic heterocycles. The second kappa shape index (κ2) is 8.03. The molecule has 0 aliphatic carbocycles. The zero-order valence-electron chi connectivity index (χ0n) is 16.0. The molecule has 0 atom stereocenters. The molecule has 31 heavy (non-hydrogen) atoms. The maximum atomic E-state index is 13.6. The van der Waals surface area contributed by atoms with Crippen LogP contribution >= 0.6 is 11.6 Å². The van der Waals surface area contributed by atoms with E-state index in [1.54, 1.807) is 17.0 Å².